The zero-order chi connectivity index (χ0) is 16.0. The van der Waals surface area contributed by atoms with E-state index in [-0.39, 0.29) is 12.5 Å². The molecular formula is C17H16F3NO. The standard InChI is InChI=1S/C17H16F3NO/c18-17(19,20)15-8-4-7-14(11-15)12-21-16(22)10-9-13-5-2-1-3-6-13/h1-8,11H,9-10,12H2,(H,21,22). The Kier molecular flexibility index (Phi) is 5.20. The molecule has 0 aromatic heterocycles. The third-order valence-electron chi connectivity index (χ3n) is 3.23. The van der Waals surface area contributed by atoms with Crippen LogP contribution in [0.15, 0.2) is 54.6 Å². The van der Waals surface area contributed by atoms with E-state index in [2.05, 4.69) is 5.32 Å². The first-order valence-corrected chi connectivity index (χ1v) is 6.92. The van der Waals surface area contributed by atoms with E-state index in [1.165, 1.54) is 6.07 Å². The second kappa shape index (κ2) is 7.11. The van der Waals surface area contributed by atoms with E-state index in [0.717, 1.165) is 17.7 Å². The molecule has 0 saturated heterocycles. The van der Waals surface area contributed by atoms with Gasteiger partial charge in [0.1, 0.15) is 0 Å². The number of hydrogen-bond acceptors (Lipinski definition) is 1. The van der Waals surface area contributed by atoms with Crippen LogP contribution in [-0.4, -0.2) is 5.91 Å². The number of rotatable bonds is 5. The molecule has 0 fully saturated rings. The van der Waals surface area contributed by atoms with E-state index in [4.69, 9.17) is 0 Å². The van der Waals surface area contributed by atoms with Gasteiger partial charge in [0.2, 0.25) is 5.91 Å². The summed E-state index contributed by atoms with van der Waals surface area (Å²) in [5.74, 6) is -0.179. The number of benzene rings is 2. The normalized spacial score (nSPS) is 11.2. The molecule has 0 aliphatic rings. The Morgan fingerprint density at radius 2 is 1.64 bits per heavy atom. The van der Waals surface area contributed by atoms with Crippen molar-refractivity contribution in [3.05, 3.63) is 71.3 Å². The van der Waals surface area contributed by atoms with Crippen molar-refractivity contribution < 1.29 is 18.0 Å². The Morgan fingerprint density at radius 1 is 0.955 bits per heavy atom. The van der Waals surface area contributed by atoms with E-state index >= 15 is 0 Å². The van der Waals surface area contributed by atoms with Crippen LogP contribution >= 0.6 is 0 Å². The molecule has 2 rings (SSSR count). The lowest BCUT2D eigenvalue weighted by molar-refractivity contribution is -0.137. The molecule has 0 radical (unpaired) electrons. The Hall–Kier alpha value is -2.30. The van der Waals surface area contributed by atoms with Crippen LogP contribution < -0.4 is 5.32 Å². The minimum atomic E-state index is -4.37. The Bertz CT molecular complexity index is 623. The van der Waals surface area contributed by atoms with E-state index in [1.807, 2.05) is 30.3 Å². The molecule has 2 nitrogen and oxygen atoms in total. The van der Waals surface area contributed by atoms with Gasteiger partial charge < -0.3 is 5.32 Å². The van der Waals surface area contributed by atoms with Crippen LogP contribution in [0.1, 0.15) is 23.1 Å². The van der Waals surface area contributed by atoms with Crippen LogP contribution in [-0.2, 0) is 23.9 Å². The third-order valence-corrected chi connectivity index (χ3v) is 3.23. The first-order chi connectivity index (χ1) is 10.4. The van der Waals surface area contributed by atoms with E-state index in [9.17, 15) is 18.0 Å². The van der Waals surface area contributed by atoms with Crippen LogP contribution in [0.4, 0.5) is 13.2 Å². The summed E-state index contributed by atoms with van der Waals surface area (Å²) in [7, 11) is 0. The second-order valence-electron chi connectivity index (χ2n) is 4.96. The van der Waals surface area contributed by atoms with Gasteiger partial charge >= 0.3 is 6.18 Å². The summed E-state index contributed by atoms with van der Waals surface area (Å²) in [5.41, 5.74) is 0.781. The molecule has 0 aliphatic heterocycles. The number of carbonyl (C=O) groups excluding carboxylic acids is 1. The summed E-state index contributed by atoms with van der Waals surface area (Å²) in [5, 5.41) is 2.64. The summed E-state index contributed by atoms with van der Waals surface area (Å²) in [4.78, 5) is 11.7. The topological polar surface area (TPSA) is 29.1 Å². The highest BCUT2D eigenvalue weighted by atomic mass is 19.4. The van der Waals surface area contributed by atoms with Crippen molar-refractivity contribution in [2.45, 2.75) is 25.6 Å². The summed E-state index contributed by atoms with van der Waals surface area (Å²) in [6.45, 7) is 0.0948. The van der Waals surface area contributed by atoms with Crippen LogP contribution in [0.2, 0.25) is 0 Å². The minimum Gasteiger partial charge on any atom is -0.352 e. The molecule has 0 heterocycles. The summed E-state index contributed by atoms with van der Waals surface area (Å²) in [6, 6.07) is 14.5. The van der Waals surface area contributed by atoms with Crippen molar-refractivity contribution in [3.8, 4) is 0 Å². The predicted molar refractivity (Wildman–Crippen MR) is 78.1 cm³/mol. The van der Waals surface area contributed by atoms with Crippen molar-refractivity contribution in [1.82, 2.24) is 5.32 Å². The molecule has 116 valence electrons. The number of hydrogen-bond donors (Lipinski definition) is 1. The molecule has 0 spiro atoms. The van der Waals surface area contributed by atoms with Gasteiger partial charge in [0.15, 0.2) is 0 Å². The van der Waals surface area contributed by atoms with E-state index < -0.39 is 11.7 Å². The van der Waals surface area contributed by atoms with Gasteiger partial charge in [0.25, 0.3) is 0 Å². The van der Waals surface area contributed by atoms with Gasteiger partial charge in [-0.25, -0.2) is 0 Å². The second-order valence-corrected chi connectivity index (χ2v) is 4.96. The van der Waals surface area contributed by atoms with Gasteiger partial charge in [0, 0.05) is 13.0 Å². The lowest BCUT2D eigenvalue weighted by atomic mass is 10.1. The molecule has 0 saturated carbocycles. The monoisotopic (exact) mass is 307 g/mol. The van der Waals surface area contributed by atoms with Crippen molar-refractivity contribution in [3.63, 3.8) is 0 Å². The Labute approximate surface area is 127 Å². The highest BCUT2D eigenvalue weighted by molar-refractivity contribution is 5.76. The van der Waals surface area contributed by atoms with Gasteiger partial charge in [-0.3, -0.25) is 4.79 Å². The third kappa shape index (κ3) is 4.91. The highest BCUT2D eigenvalue weighted by Gasteiger charge is 2.30. The molecule has 2 aromatic carbocycles. The van der Waals surface area contributed by atoms with Crippen LogP contribution in [0.3, 0.4) is 0 Å². The number of amides is 1. The van der Waals surface area contributed by atoms with Gasteiger partial charge in [-0.1, -0.05) is 42.5 Å². The molecule has 1 amide bonds. The zero-order valence-corrected chi connectivity index (χ0v) is 11.9. The van der Waals surface area contributed by atoms with E-state index in [1.54, 1.807) is 6.07 Å². The smallest absolute Gasteiger partial charge is 0.352 e. The Balaban J connectivity index is 1.84. The number of alkyl halides is 3. The minimum absolute atomic E-state index is 0.0948. The van der Waals surface area contributed by atoms with Crippen LogP contribution in [0.25, 0.3) is 0 Å². The molecule has 0 bridgehead atoms. The van der Waals surface area contributed by atoms with Crippen molar-refractivity contribution >= 4 is 5.91 Å². The largest absolute Gasteiger partial charge is 0.416 e. The maximum Gasteiger partial charge on any atom is 0.416 e. The average molecular weight is 307 g/mol. The average Bonchev–Trinajstić information content (AvgIpc) is 2.51. The van der Waals surface area contributed by atoms with Gasteiger partial charge in [0.05, 0.1) is 5.56 Å². The Morgan fingerprint density at radius 3 is 2.32 bits per heavy atom. The summed E-state index contributed by atoms with van der Waals surface area (Å²) in [6.07, 6.45) is -3.45. The van der Waals surface area contributed by atoms with Crippen molar-refractivity contribution in [2.24, 2.45) is 0 Å². The molecule has 0 atom stereocenters. The fourth-order valence-electron chi connectivity index (χ4n) is 2.05. The van der Waals surface area contributed by atoms with E-state index in [0.29, 0.717) is 18.4 Å². The van der Waals surface area contributed by atoms with Crippen LogP contribution in [0, 0.1) is 0 Å². The number of halogens is 3. The fourth-order valence-corrected chi connectivity index (χ4v) is 2.05. The number of aryl methyl sites for hydroxylation is 1. The number of nitrogens with one attached hydrogen (secondary N) is 1. The zero-order valence-electron chi connectivity index (χ0n) is 11.9. The molecule has 2 aromatic rings. The summed E-state index contributed by atoms with van der Waals surface area (Å²) < 4.78 is 37.8. The highest BCUT2D eigenvalue weighted by Crippen LogP contribution is 2.29. The van der Waals surface area contributed by atoms with Gasteiger partial charge in [-0.15, -0.1) is 0 Å². The maximum atomic E-state index is 12.6. The molecule has 5 heteroatoms. The molecule has 0 unspecified atom stereocenters. The molecule has 1 N–H and O–H groups in total. The van der Waals surface area contributed by atoms with Crippen LogP contribution in [0.5, 0.6) is 0 Å². The van der Waals surface area contributed by atoms with Gasteiger partial charge in [-0.05, 0) is 29.7 Å². The molecule has 0 aliphatic carbocycles. The van der Waals surface area contributed by atoms with Crippen molar-refractivity contribution in [2.75, 3.05) is 0 Å². The molecule has 22 heavy (non-hydrogen) atoms. The quantitative estimate of drug-likeness (QED) is 0.890. The maximum absolute atomic E-state index is 12.6. The lowest BCUT2D eigenvalue weighted by Crippen LogP contribution is -2.23. The van der Waals surface area contributed by atoms with Crippen molar-refractivity contribution in [1.29, 1.82) is 0 Å². The molecular weight excluding hydrogens is 291 g/mol. The summed E-state index contributed by atoms with van der Waals surface area (Å²) >= 11 is 0. The lowest BCUT2D eigenvalue weighted by Gasteiger charge is -2.09. The fraction of sp³-hybridized carbons (Fsp3) is 0.235. The SMILES string of the molecule is O=C(CCc1ccccc1)NCc1cccc(C(F)(F)F)c1. The first-order valence-electron chi connectivity index (χ1n) is 6.92. The number of carbonyl (C=O) groups is 1. The van der Waals surface area contributed by atoms with Gasteiger partial charge in [-0.2, -0.15) is 13.2 Å². The first kappa shape index (κ1) is 16.1. The predicted octanol–water partition coefficient (Wildman–Crippen LogP) is 3.95.